The van der Waals surface area contributed by atoms with Gasteiger partial charge in [-0.3, -0.25) is 4.79 Å². The predicted molar refractivity (Wildman–Crippen MR) is 93.1 cm³/mol. The summed E-state index contributed by atoms with van der Waals surface area (Å²) in [5.41, 5.74) is 2.78. The summed E-state index contributed by atoms with van der Waals surface area (Å²) in [6, 6.07) is 10.3. The Balaban J connectivity index is 1.82. The zero-order valence-corrected chi connectivity index (χ0v) is 14.6. The minimum absolute atomic E-state index is 0.154. The number of halogens is 2. The van der Waals surface area contributed by atoms with E-state index in [2.05, 4.69) is 15.6 Å². The van der Waals surface area contributed by atoms with Crippen LogP contribution in [0.2, 0.25) is 0 Å². The zero-order chi connectivity index (χ0) is 18.8. The number of aromatic nitrogens is 3. The molecule has 0 bridgehead atoms. The molecule has 1 N–H and O–H groups in total. The Kier molecular flexibility index (Phi) is 4.79. The van der Waals surface area contributed by atoms with E-state index in [0.717, 1.165) is 23.4 Å². The van der Waals surface area contributed by atoms with Crippen molar-refractivity contribution < 1.29 is 13.6 Å². The van der Waals surface area contributed by atoms with Crippen LogP contribution in [-0.4, -0.2) is 20.9 Å². The first kappa shape index (κ1) is 17.7. The monoisotopic (exact) mass is 356 g/mol. The molecular weight excluding hydrogens is 338 g/mol. The molecule has 7 heteroatoms. The van der Waals surface area contributed by atoms with Gasteiger partial charge in [0, 0.05) is 11.6 Å². The van der Waals surface area contributed by atoms with Gasteiger partial charge in [0.2, 0.25) is 0 Å². The molecule has 1 atom stereocenters. The second-order valence-corrected chi connectivity index (χ2v) is 6.14. The normalized spacial score (nSPS) is 12.0. The summed E-state index contributed by atoms with van der Waals surface area (Å²) in [5, 5.41) is 10.7. The van der Waals surface area contributed by atoms with Crippen molar-refractivity contribution in [3.8, 4) is 5.69 Å². The molecule has 1 amide bonds. The van der Waals surface area contributed by atoms with Crippen LogP contribution in [0, 0.1) is 25.5 Å². The molecule has 0 spiro atoms. The molecular formula is C19H18F2N4O. The van der Waals surface area contributed by atoms with Gasteiger partial charge < -0.3 is 5.32 Å². The van der Waals surface area contributed by atoms with E-state index in [9.17, 15) is 13.6 Å². The number of hydrogen-bond donors (Lipinski definition) is 1. The summed E-state index contributed by atoms with van der Waals surface area (Å²) >= 11 is 0. The quantitative estimate of drug-likeness (QED) is 0.776. The Bertz CT molecular complexity index is 968. The fourth-order valence-electron chi connectivity index (χ4n) is 2.74. The highest BCUT2D eigenvalue weighted by Crippen LogP contribution is 2.19. The fourth-order valence-corrected chi connectivity index (χ4v) is 2.74. The maximum absolute atomic E-state index is 13.9. The summed E-state index contributed by atoms with van der Waals surface area (Å²) < 4.78 is 28.5. The minimum Gasteiger partial charge on any atom is -0.344 e. The molecule has 0 saturated heterocycles. The summed E-state index contributed by atoms with van der Waals surface area (Å²) in [6.07, 6.45) is 0. The Morgan fingerprint density at radius 2 is 1.92 bits per heavy atom. The van der Waals surface area contributed by atoms with Gasteiger partial charge in [0.1, 0.15) is 11.6 Å². The molecule has 26 heavy (non-hydrogen) atoms. The Hall–Kier alpha value is -3.09. The van der Waals surface area contributed by atoms with Gasteiger partial charge in [0.05, 0.1) is 17.4 Å². The average Bonchev–Trinajstić information content (AvgIpc) is 2.96. The molecule has 3 aromatic rings. The van der Waals surface area contributed by atoms with Crippen LogP contribution in [0.3, 0.4) is 0 Å². The Morgan fingerprint density at radius 1 is 1.15 bits per heavy atom. The lowest BCUT2D eigenvalue weighted by molar-refractivity contribution is 0.0933. The molecule has 0 aliphatic rings. The lowest BCUT2D eigenvalue weighted by Crippen LogP contribution is -2.28. The van der Waals surface area contributed by atoms with Crippen LogP contribution >= 0.6 is 0 Å². The van der Waals surface area contributed by atoms with Crippen LogP contribution in [0.25, 0.3) is 5.69 Å². The van der Waals surface area contributed by atoms with Crippen molar-refractivity contribution in [1.82, 2.24) is 20.3 Å². The number of amides is 1. The van der Waals surface area contributed by atoms with E-state index >= 15 is 0 Å². The molecule has 0 radical (unpaired) electrons. The van der Waals surface area contributed by atoms with Crippen molar-refractivity contribution >= 4 is 5.91 Å². The zero-order valence-electron chi connectivity index (χ0n) is 14.6. The molecule has 134 valence electrons. The lowest BCUT2D eigenvalue weighted by atomic mass is 10.1. The third kappa shape index (κ3) is 3.46. The number of aryl methyl sites for hydroxylation is 1. The maximum atomic E-state index is 13.9. The fraction of sp³-hybridized carbons (Fsp3) is 0.211. The van der Waals surface area contributed by atoms with E-state index < -0.39 is 23.6 Å². The van der Waals surface area contributed by atoms with Crippen LogP contribution in [0.5, 0.6) is 0 Å². The number of hydrogen-bond acceptors (Lipinski definition) is 3. The van der Waals surface area contributed by atoms with E-state index in [1.165, 1.54) is 6.07 Å². The SMILES string of the molecule is Cc1cccc(-n2nnc(C(=O)NC(C)c3ccc(F)cc3F)c2C)c1. The van der Waals surface area contributed by atoms with Gasteiger partial charge in [0.25, 0.3) is 5.91 Å². The van der Waals surface area contributed by atoms with E-state index in [-0.39, 0.29) is 11.3 Å². The molecule has 1 heterocycles. The second kappa shape index (κ2) is 7.03. The molecule has 0 saturated carbocycles. The lowest BCUT2D eigenvalue weighted by Gasteiger charge is -2.14. The molecule has 1 unspecified atom stereocenters. The van der Waals surface area contributed by atoms with Crippen molar-refractivity contribution in [2.75, 3.05) is 0 Å². The van der Waals surface area contributed by atoms with E-state index in [0.29, 0.717) is 5.69 Å². The standard InChI is InChI=1S/C19H18F2N4O/c1-11-5-4-6-15(9-11)25-13(3)18(23-24-25)19(26)22-12(2)16-8-7-14(20)10-17(16)21/h4-10,12H,1-3H3,(H,22,26). The third-order valence-electron chi connectivity index (χ3n) is 4.13. The van der Waals surface area contributed by atoms with Gasteiger partial charge in [-0.15, -0.1) is 5.10 Å². The summed E-state index contributed by atoms with van der Waals surface area (Å²) in [4.78, 5) is 12.5. The largest absolute Gasteiger partial charge is 0.344 e. The molecule has 0 aliphatic heterocycles. The summed E-state index contributed by atoms with van der Waals surface area (Å²) in [7, 11) is 0. The first-order valence-corrected chi connectivity index (χ1v) is 8.12. The maximum Gasteiger partial charge on any atom is 0.274 e. The second-order valence-electron chi connectivity index (χ2n) is 6.14. The number of benzene rings is 2. The highest BCUT2D eigenvalue weighted by Gasteiger charge is 2.21. The van der Waals surface area contributed by atoms with E-state index in [4.69, 9.17) is 0 Å². The Labute approximate surface area is 149 Å². The number of rotatable bonds is 4. The van der Waals surface area contributed by atoms with Gasteiger partial charge in [0.15, 0.2) is 5.69 Å². The highest BCUT2D eigenvalue weighted by molar-refractivity contribution is 5.93. The molecule has 3 rings (SSSR count). The molecule has 0 aliphatic carbocycles. The molecule has 5 nitrogen and oxygen atoms in total. The van der Waals surface area contributed by atoms with Crippen molar-refractivity contribution in [1.29, 1.82) is 0 Å². The number of nitrogens with zero attached hydrogens (tertiary/aromatic N) is 3. The van der Waals surface area contributed by atoms with Crippen LogP contribution < -0.4 is 5.32 Å². The van der Waals surface area contributed by atoms with Gasteiger partial charge in [-0.25, -0.2) is 13.5 Å². The first-order chi connectivity index (χ1) is 12.4. The first-order valence-electron chi connectivity index (χ1n) is 8.12. The summed E-state index contributed by atoms with van der Waals surface area (Å²) in [5.74, 6) is -1.85. The van der Waals surface area contributed by atoms with Crippen LogP contribution in [0.4, 0.5) is 8.78 Å². The van der Waals surface area contributed by atoms with Crippen molar-refractivity contribution in [3.05, 3.63) is 76.6 Å². The van der Waals surface area contributed by atoms with E-state index in [1.807, 2.05) is 31.2 Å². The van der Waals surface area contributed by atoms with Gasteiger partial charge >= 0.3 is 0 Å². The Morgan fingerprint density at radius 3 is 2.62 bits per heavy atom. The third-order valence-corrected chi connectivity index (χ3v) is 4.13. The average molecular weight is 356 g/mol. The summed E-state index contributed by atoms with van der Waals surface area (Å²) in [6.45, 7) is 5.32. The number of carbonyl (C=O) groups excluding carboxylic acids is 1. The highest BCUT2D eigenvalue weighted by atomic mass is 19.1. The molecule has 2 aromatic carbocycles. The predicted octanol–water partition coefficient (Wildman–Crippen LogP) is 3.65. The molecule has 0 fully saturated rings. The van der Waals surface area contributed by atoms with E-state index in [1.54, 1.807) is 18.5 Å². The minimum atomic E-state index is -0.710. The van der Waals surface area contributed by atoms with Crippen LogP contribution in [0.1, 0.15) is 40.3 Å². The van der Waals surface area contributed by atoms with Crippen molar-refractivity contribution in [2.24, 2.45) is 0 Å². The van der Waals surface area contributed by atoms with Crippen molar-refractivity contribution in [3.63, 3.8) is 0 Å². The molecule has 1 aromatic heterocycles. The topological polar surface area (TPSA) is 59.8 Å². The van der Waals surface area contributed by atoms with Crippen LogP contribution in [-0.2, 0) is 0 Å². The van der Waals surface area contributed by atoms with Gasteiger partial charge in [-0.1, -0.05) is 23.4 Å². The number of nitrogens with one attached hydrogen (secondary N) is 1. The number of carbonyl (C=O) groups is 1. The van der Waals surface area contributed by atoms with Crippen molar-refractivity contribution in [2.45, 2.75) is 26.8 Å². The van der Waals surface area contributed by atoms with Crippen LogP contribution in [0.15, 0.2) is 42.5 Å². The van der Waals surface area contributed by atoms with Gasteiger partial charge in [-0.05, 0) is 44.5 Å². The smallest absolute Gasteiger partial charge is 0.274 e. The van der Waals surface area contributed by atoms with Gasteiger partial charge in [-0.2, -0.15) is 0 Å².